The number of Topliss-reactive ketones (excluding diaryl/α,β-unsaturated/α-hetero) is 1. The van der Waals surface area contributed by atoms with Gasteiger partial charge in [-0.3, -0.25) is 24.2 Å². The lowest BCUT2D eigenvalue weighted by molar-refractivity contribution is -0.127. The van der Waals surface area contributed by atoms with Gasteiger partial charge in [-0.05, 0) is 18.2 Å². The van der Waals surface area contributed by atoms with Crippen LogP contribution in [0.1, 0.15) is 31.2 Å². The molecule has 1 fully saturated rings. The number of aliphatic hydroxyl groups excluding tert-OH is 1. The van der Waals surface area contributed by atoms with Crippen LogP contribution in [-0.4, -0.2) is 92.7 Å². The molecule has 4 aromatic rings. The summed E-state index contributed by atoms with van der Waals surface area (Å²) in [5.41, 5.74) is 1.98. The summed E-state index contributed by atoms with van der Waals surface area (Å²) >= 11 is 1.22. The monoisotopic (exact) mass is 532 g/mol. The molecule has 4 heterocycles. The van der Waals surface area contributed by atoms with Crippen molar-refractivity contribution in [1.29, 1.82) is 0 Å². The third-order valence-electron chi connectivity index (χ3n) is 6.25. The fourth-order valence-corrected chi connectivity index (χ4v) is 5.09. The molecule has 1 aliphatic rings. The summed E-state index contributed by atoms with van der Waals surface area (Å²) in [5.74, 6) is -1.79. The molecule has 0 radical (unpaired) electrons. The number of H-pyrrole nitrogens is 1. The molecule has 0 spiro atoms. The molecule has 1 saturated heterocycles. The Bertz CT molecular complexity index is 1510. The normalized spacial score (nSPS) is 13.5. The number of carbonyl (C=O) groups is 4. The molecule has 0 unspecified atom stereocenters. The zero-order valence-electron chi connectivity index (χ0n) is 20.2. The summed E-state index contributed by atoms with van der Waals surface area (Å²) in [6.07, 6.45) is 3.00. The third kappa shape index (κ3) is 4.91. The van der Waals surface area contributed by atoms with Crippen molar-refractivity contribution in [3.8, 4) is 10.7 Å². The van der Waals surface area contributed by atoms with E-state index in [9.17, 15) is 19.2 Å². The predicted octanol–water partition coefficient (Wildman–Crippen LogP) is 1.58. The number of aromatic nitrogens is 3. The van der Waals surface area contributed by atoms with Gasteiger partial charge in [0.05, 0.1) is 17.7 Å². The number of hydrogen-bond acceptors (Lipinski definition) is 8. The minimum Gasteiger partial charge on any atom is -0.395 e. The van der Waals surface area contributed by atoms with Crippen LogP contribution in [0.5, 0.6) is 0 Å². The summed E-state index contributed by atoms with van der Waals surface area (Å²) in [6, 6.07) is 10.6. The number of thiazole rings is 1. The largest absolute Gasteiger partial charge is 0.395 e. The molecule has 1 aliphatic heterocycles. The molecule has 3 aromatic heterocycles. The zero-order valence-corrected chi connectivity index (χ0v) is 21.0. The Labute approximate surface area is 221 Å². The van der Waals surface area contributed by atoms with E-state index in [1.807, 2.05) is 6.07 Å². The molecule has 11 nitrogen and oxygen atoms in total. The average molecular weight is 533 g/mol. The second-order valence-electron chi connectivity index (χ2n) is 8.58. The Kier molecular flexibility index (Phi) is 7.24. The van der Waals surface area contributed by atoms with E-state index in [1.165, 1.54) is 28.6 Å². The first-order valence-electron chi connectivity index (χ1n) is 12.0. The van der Waals surface area contributed by atoms with Gasteiger partial charge in [-0.1, -0.05) is 18.2 Å². The number of benzene rings is 1. The Hall–Kier alpha value is -4.42. The minimum absolute atomic E-state index is 0.100. The minimum atomic E-state index is -0.653. The first-order chi connectivity index (χ1) is 18.5. The SMILES string of the molecule is O=C(NCCO)c1csc(-c2nccc3c(C(=O)C(=O)N4CCN(C(=O)c5ccccc5)CC4)c[nH]c23)n1. The van der Waals surface area contributed by atoms with Crippen LogP contribution in [0.2, 0.25) is 0 Å². The van der Waals surface area contributed by atoms with Gasteiger partial charge in [0.2, 0.25) is 0 Å². The average Bonchev–Trinajstić information content (AvgIpc) is 3.63. The maximum absolute atomic E-state index is 13.2. The molecule has 0 atom stereocenters. The first-order valence-corrected chi connectivity index (χ1v) is 12.8. The van der Waals surface area contributed by atoms with E-state index in [2.05, 4.69) is 20.3 Å². The Balaban J connectivity index is 1.30. The Morgan fingerprint density at radius 1 is 1.03 bits per heavy atom. The van der Waals surface area contributed by atoms with Crippen LogP contribution in [0.4, 0.5) is 0 Å². The number of ketones is 1. The number of nitrogens with zero attached hydrogens (tertiary/aromatic N) is 4. The zero-order chi connectivity index (χ0) is 26.6. The summed E-state index contributed by atoms with van der Waals surface area (Å²) in [7, 11) is 0. The molecule has 5 rings (SSSR count). The van der Waals surface area contributed by atoms with Crippen molar-refractivity contribution in [3.63, 3.8) is 0 Å². The quantitative estimate of drug-likeness (QED) is 0.242. The van der Waals surface area contributed by atoms with Crippen LogP contribution < -0.4 is 5.32 Å². The number of aromatic amines is 1. The smallest absolute Gasteiger partial charge is 0.295 e. The van der Waals surface area contributed by atoms with Crippen LogP contribution in [0.3, 0.4) is 0 Å². The van der Waals surface area contributed by atoms with Gasteiger partial charge in [0, 0.05) is 61.4 Å². The maximum atomic E-state index is 13.2. The number of piperazine rings is 1. The van der Waals surface area contributed by atoms with E-state index in [-0.39, 0.29) is 43.4 Å². The third-order valence-corrected chi connectivity index (χ3v) is 7.10. The standard InChI is InChI=1S/C26H24N6O5S/c33-13-8-28-23(35)19-15-38-24(30-19)21-20-17(6-7-27-21)18(14-29-20)22(34)26(37)32-11-9-31(10-12-32)25(36)16-4-2-1-3-5-16/h1-7,14-15,29,33H,8-13H2,(H,28,35). The summed E-state index contributed by atoms with van der Waals surface area (Å²) in [4.78, 5) is 66.0. The van der Waals surface area contributed by atoms with Crippen LogP contribution in [0.25, 0.3) is 21.6 Å². The van der Waals surface area contributed by atoms with Crippen molar-refractivity contribution in [2.24, 2.45) is 0 Å². The number of amides is 3. The molecule has 194 valence electrons. The van der Waals surface area contributed by atoms with Gasteiger partial charge in [0.25, 0.3) is 23.5 Å². The summed E-state index contributed by atoms with van der Waals surface area (Å²) in [6.45, 7) is 1.15. The first kappa shape index (κ1) is 25.2. The highest BCUT2D eigenvalue weighted by molar-refractivity contribution is 7.13. The van der Waals surface area contributed by atoms with E-state index in [0.717, 1.165) is 0 Å². The molecular formula is C26H24N6O5S. The van der Waals surface area contributed by atoms with Crippen LogP contribution in [0.15, 0.2) is 54.2 Å². The van der Waals surface area contributed by atoms with Crippen molar-refractivity contribution in [3.05, 3.63) is 71.0 Å². The van der Waals surface area contributed by atoms with Crippen molar-refractivity contribution in [2.75, 3.05) is 39.3 Å². The van der Waals surface area contributed by atoms with Crippen LogP contribution in [0, 0.1) is 0 Å². The van der Waals surface area contributed by atoms with Gasteiger partial charge in [-0.25, -0.2) is 4.98 Å². The number of pyridine rings is 1. The fraction of sp³-hybridized carbons (Fsp3) is 0.231. The number of hydrogen-bond donors (Lipinski definition) is 3. The van der Waals surface area contributed by atoms with E-state index in [4.69, 9.17) is 5.11 Å². The molecule has 0 aliphatic carbocycles. The number of carbonyl (C=O) groups excluding carboxylic acids is 4. The fourth-order valence-electron chi connectivity index (χ4n) is 4.29. The van der Waals surface area contributed by atoms with Gasteiger partial charge >= 0.3 is 0 Å². The lowest BCUT2D eigenvalue weighted by atomic mass is 10.1. The number of nitrogens with one attached hydrogen (secondary N) is 2. The molecule has 3 N–H and O–H groups in total. The van der Waals surface area contributed by atoms with Crippen molar-refractivity contribution in [1.82, 2.24) is 30.1 Å². The van der Waals surface area contributed by atoms with Gasteiger partial charge < -0.3 is 25.2 Å². The van der Waals surface area contributed by atoms with E-state index in [1.54, 1.807) is 40.6 Å². The second-order valence-corrected chi connectivity index (χ2v) is 9.44. The maximum Gasteiger partial charge on any atom is 0.295 e. The molecule has 1 aromatic carbocycles. The Morgan fingerprint density at radius 2 is 1.76 bits per heavy atom. The van der Waals surface area contributed by atoms with Crippen LogP contribution in [-0.2, 0) is 4.79 Å². The summed E-state index contributed by atoms with van der Waals surface area (Å²) in [5, 5.41) is 14.0. The van der Waals surface area contributed by atoms with Crippen LogP contribution >= 0.6 is 11.3 Å². The topological polar surface area (TPSA) is 149 Å². The van der Waals surface area contributed by atoms with Gasteiger partial charge in [0.15, 0.2) is 0 Å². The highest BCUT2D eigenvalue weighted by atomic mass is 32.1. The predicted molar refractivity (Wildman–Crippen MR) is 140 cm³/mol. The van der Waals surface area contributed by atoms with Crippen molar-refractivity contribution in [2.45, 2.75) is 0 Å². The number of aliphatic hydroxyl groups is 1. The highest BCUT2D eigenvalue weighted by Gasteiger charge is 2.30. The lowest BCUT2D eigenvalue weighted by Gasteiger charge is -2.34. The molecule has 0 saturated carbocycles. The van der Waals surface area contributed by atoms with Crippen molar-refractivity contribution < 1.29 is 24.3 Å². The molecule has 3 amide bonds. The molecular weight excluding hydrogens is 508 g/mol. The Morgan fingerprint density at radius 3 is 2.50 bits per heavy atom. The van der Waals surface area contributed by atoms with Crippen molar-refractivity contribution >= 4 is 45.7 Å². The van der Waals surface area contributed by atoms with E-state index >= 15 is 0 Å². The molecule has 38 heavy (non-hydrogen) atoms. The highest BCUT2D eigenvalue weighted by Crippen LogP contribution is 2.30. The molecule has 12 heteroatoms. The summed E-state index contributed by atoms with van der Waals surface area (Å²) < 4.78 is 0. The lowest BCUT2D eigenvalue weighted by Crippen LogP contribution is -2.52. The molecule has 0 bridgehead atoms. The van der Waals surface area contributed by atoms with E-state index < -0.39 is 17.6 Å². The van der Waals surface area contributed by atoms with Gasteiger partial charge in [-0.15, -0.1) is 11.3 Å². The second kappa shape index (κ2) is 10.9. The number of fused-ring (bicyclic) bond motifs is 1. The van der Waals surface area contributed by atoms with Gasteiger partial charge in [-0.2, -0.15) is 0 Å². The number of rotatable bonds is 7. The van der Waals surface area contributed by atoms with Gasteiger partial charge in [0.1, 0.15) is 16.4 Å². The van der Waals surface area contributed by atoms with E-state index in [0.29, 0.717) is 40.3 Å².